The lowest BCUT2D eigenvalue weighted by molar-refractivity contribution is 0.424. The van der Waals surface area contributed by atoms with Crippen LogP contribution < -0.4 is 0 Å². The van der Waals surface area contributed by atoms with E-state index in [1.54, 1.807) is 6.07 Å². The summed E-state index contributed by atoms with van der Waals surface area (Å²) in [5.74, 6) is 1.15. The molecule has 0 aliphatic carbocycles. The average molecular weight is 182 g/mol. The van der Waals surface area contributed by atoms with Gasteiger partial charge in [-0.2, -0.15) is 4.98 Å². The molecule has 0 amide bonds. The molecule has 0 fully saturated rings. The Morgan fingerprint density at radius 3 is 2.83 bits per heavy atom. The van der Waals surface area contributed by atoms with Gasteiger partial charge in [0.25, 0.3) is 0 Å². The molecule has 2 aromatic rings. The maximum Gasteiger partial charge on any atom is 0.213 e. The molecule has 0 bridgehead atoms. The lowest BCUT2D eigenvalue weighted by Crippen LogP contribution is -1.75. The van der Waals surface area contributed by atoms with Crippen LogP contribution in [-0.2, 0) is 0 Å². The first-order valence-electron chi connectivity index (χ1n) is 3.34. The summed E-state index contributed by atoms with van der Waals surface area (Å²) in [6.45, 7) is 1.84. The van der Waals surface area contributed by atoms with E-state index in [1.807, 2.05) is 6.92 Å². The number of hydrogen-bond donors (Lipinski definition) is 2. The molecule has 0 saturated heterocycles. The van der Waals surface area contributed by atoms with Gasteiger partial charge in [0.1, 0.15) is 0 Å². The Morgan fingerprint density at radius 2 is 2.33 bits per heavy atom. The highest BCUT2D eigenvalue weighted by Crippen LogP contribution is 2.13. The zero-order valence-electron chi connectivity index (χ0n) is 6.29. The number of rotatable bonds is 1. The molecule has 0 aliphatic rings. The summed E-state index contributed by atoms with van der Waals surface area (Å²) in [5, 5.41) is 9.15. The molecule has 0 atom stereocenters. The van der Waals surface area contributed by atoms with Crippen molar-refractivity contribution in [1.29, 1.82) is 0 Å². The third-order valence-electron chi connectivity index (χ3n) is 1.36. The van der Waals surface area contributed by atoms with Crippen molar-refractivity contribution in [3.8, 4) is 11.6 Å². The number of aryl methyl sites for hydroxylation is 1. The van der Waals surface area contributed by atoms with E-state index < -0.39 is 0 Å². The van der Waals surface area contributed by atoms with Crippen molar-refractivity contribution in [3.63, 3.8) is 0 Å². The van der Waals surface area contributed by atoms with E-state index in [1.165, 1.54) is 0 Å². The van der Waals surface area contributed by atoms with Crippen LogP contribution in [0.15, 0.2) is 10.6 Å². The molecule has 2 aromatic heterocycles. The largest absolute Gasteiger partial charge is 0.353 e. The summed E-state index contributed by atoms with van der Waals surface area (Å²) in [6.07, 6.45) is 0. The van der Waals surface area contributed by atoms with E-state index in [9.17, 15) is 0 Å². The Kier molecular flexibility index (Phi) is 1.54. The first kappa shape index (κ1) is 7.23. The van der Waals surface area contributed by atoms with E-state index in [2.05, 4.69) is 20.3 Å². The van der Waals surface area contributed by atoms with Crippen LogP contribution in [0.4, 0.5) is 0 Å². The zero-order chi connectivity index (χ0) is 8.55. The maximum atomic E-state index is 4.95. The molecule has 0 aromatic carbocycles. The number of H-pyrrole nitrogens is 2. The molecule has 62 valence electrons. The minimum atomic E-state index is 0.402. The Bertz CT molecular complexity index is 440. The van der Waals surface area contributed by atoms with E-state index >= 15 is 0 Å². The number of aromatic nitrogens is 4. The van der Waals surface area contributed by atoms with Gasteiger partial charge in [-0.3, -0.25) is 10.2 Å². The predicted octanol–water partition coefficient (Wildman–Crippen LogP) is 1.43. The van der Waals surface area contributed by atoms with Crippen LogP contribution >= 0.6 is 12.2 Å². The highest BCUT2D eigenvalue weighted by molar-refractivity contribution is 7.71. The molecular weight excluding hydrogens is 176 g/mol. The van der Waals surface area contributed by atoms with Gasteiger partial charge >= 0.3 is 0 Å². The Morgan fingerprint density at radius 1 is 1.50 bits per heavy atom. The van der Waals surface area contributed by atoms with Crippen molar-refractivity contribution < 1.29 is 4.52 Å². The molecule has 0 aliphatic heterocycles. The van der Waals surface area contributed by atoms with Crippen LogP contribution in [0.3, 0.4) is 0 Å². The van der Waals surface area contributed by atoms with Gasteiger partial charge < -0.3 is 4.52 Å². The molecule has 0 saturated carbocycles. The topological polar surface area (TPSA) is 70.5 Å². The fourth-order valence-corrected chi connectivity index (χ4v) is 1.00. The van der Waals surface area contributed by atoms with Gasteiger partial charge in [0.05, 0.1) is 5.69 Å². The first-order chi connectivity index (χ1) is 5.75. The van der Waals surface area contributed by atoms with Crippen molar-refractivity contribution in [2.24, 2.45) is 0 Å². The quantitative estimate of drug-likeness (QED) is 0.654. The van der Waals surface area contributed by atoms with E-state index in [-0.39, 0.29) is 0 Å². The van der Waals surface area contributed by atoms with Crippen molar-refractivity contribution in [2.75, 3.05) is 0 Å². The molecule has 5 nitrogen and oxygen atoms in total. The number of nitrogens with one attached hydrogen (secondary N) is 2. The lowest BCUT2D eigenvalue weighted by Gasteiger charge is -1.81. The van der Waals surface area contributed by atoms with Crippen LogP contribution in [0.25, 0.3) is 11.6 Å². The van der Waals surface area contributed by atoms with E-state index in [0.717, 1.165) is 5.69 Å². The summed E-state index contributed by atoms with van der Waals surface area (Å²) in [4.78, 5) is 3.96. The number of aromatic amines is 2. The first-order valence-corrected chi connectivity index (χ1v) is 3.75. The molecule has 2 N–H and O–H groups in total. The normalized spacial score (nSPS) is 10.4. The SMILES string of the molecule is Cc1cc(-c2nc(=S)[nH][nH]2)on1. The van der Waals surface area contributed by atoms with Crippen molar-refractivity contribution in [2.45, 2.75) is 6.92 Å². The predicted molar refractivity (Wildman–Crippen MR) is 44.0 cm³/mol. The van der Waals surface area contributed by atoms with E-state index in [4.69, 9.17) is 16.7 Å². The third-order valence-corrected chi connectivity index (χ3v) is 1.56. The average Bonchev–Trinajstić information content (AvgIpc) is 2.58. The highest BCUT2D eigenvalue weighted by Gasteiger charge is 2.06. The second-order valence-electron chi connectivity index (χ2n) is 2.35. The van der Waals surface area contributed by atoms with Crippen molar-refractivity contribution in [1.82, 2.24) is 20.3 Å². The molecule has 0 radical (unpaired) electrons. The van der Waals surface area contributed by atoms with Crippen LogP contribution in [0.2, 0.25) is 0 Å². The number of nitrogens with zero attached hydrogens (tertiary/aromatic N) is 2. The van der Waals surface area contributed by atoms with Gasteiger partial charge in [-0.05, 0) is 19.1 Å². The summed E-state index contributed by atoms with van der Waals surface area (Å²) in [7, 11) is 0. The maximum absolute atomic E-state index is 4.95. The molecule has 6 heteroatoms. The standard InChI is InChI=1S/C6H6N4OS/c1-3-2-4(11-10-3)5-7-6(12)9-8-5/h2H,1H3,(H2,7,8,9,12). The fraction of sp³-hybridized carbons (Fsp3) is 0.167. The Labute approximate surface area is 72.8 Å². The second kappa shape index (κ2) is 2.56. The van der Waals surface area contributed by atoms with Crippen molar-refractivity contribution >= 4 is 12.2 Å². The van der Waals surface area contributed by atoms with Crippen LogP contribution in [0.5, 0.6) is 0 Å². The smallest absolute Gasteiger partial charge is 0.213 e. The monoisotopic (exact) mass is 182 g/mol. The Hall–Kier alpha value is -1.43. The van der Waals surface area contributed by atoms with Gasteiger partial charge in [0.2, 0.25) is 10.5 Å². The lowest BCUT2D eigenvalue weighted by atomic mass is 10.4. The van der Waals surface area contributed by atoms with Gasteiger partial charge in [0, 0.05) is 6.07 Å². The molecule has 0 spiro atoms. The fourth-order valence-electron chi connectivity index (χ4n) is 0.862. The molecule has 0 unspecified atom stereocenters. The summed E-state index contributed by atoms with van der Waals surface area (Å²) in [6, 6.07) is 1.78. The highest BCUT2D eigenvalue weighted by atomic mass is 32.1. The van der Waals surface area contributed by atoms with Gasteiger partial charge in [0.15, 0.2) is 5.82 Å². The zero-order valence-corrected chi connectivity index (χ0v) is 7.10. The molecule has 12 heavy (non-hydrogen) atoms. The minimum absolute atomic E-state index is 0.402. The van der Waals surface area contributed by atoms with Crippen molar-refractivity contribution in [3.05, 3.63) is 16.5 Å². The second-order valence-corrected chi connectivity index (χ2v) is 2.73. The van der Waals surface area contributed by atoms with Crippen LogP contribution in [0, 0.1) is 11.7 Å². The summed E-state index contributed by atoms with van der Waals surface area (Å²) >= 11 is 4.78. The Balaban J connectivity index is 2.50. The minimum Gasteiger partial charge on any atom is -0.353 e. The molecule has 2 heterocycles. The summed E-state index contributed by atoms with van der Waals surface area (Å²) in [5.41, 5.74) is 0.812. The van der Waals surface area contributed by atoms with Crippen LogP contribution in [0.1, 0.15) is 5.69 Å². The molecular formula is C6H6N4OS. The molecule has 2 rings (SSSR count). The van der Waals surface area contributed by atoms with E-state index in [0.29, 0.717) is 16.4 Å². The van der Waals surface area contributed by atoms with Gasteiger partial charge in [-0.25, -0.2) is 0 Å². The van der Waals surface area contributed by atoms with Gasteiger partial charge in [-0.15, -0.1) is 0 Å². The third kappa shape index (κ3) is 1.16. The summed E-state index contributed by atoms with van der Waals surface area (Å²) < 4.78 is 5.36. The van der Waals surface area contributed by atoms with Crippen LogP contribution in [-0.4, -0.2) is 20.3 Å². The number of hydrogen-bond acceptors (Lipinski definition) is 4. The van der Waals surface area contributed by atoms with Gasteiger partial charge in [-0.1, -0.05) is 5.16 Å².